The fourth-order valence-corrected chi connectivity index (χ4v) is 4.47. The topological polar surface area (TPSA) is 92.0 Å². The summed E-state index contributed by atoms with van der Waals surface area (Å²) >= 11 is 13.5. The van der Waals surface area contributed by atoms with E-state index in [2.05, 4.69) is 43.9 Å². The molecular weight excluding hydrogens is 630 g/mol. The van der Waals surface area contributed by atoms with Crippen LogP contribution >= 0.6 is 43.5 Å². The molecule has 0 atom stereocenters. The van der Waals surface area contributed by atoms with Gasteiger partial charge in [-0.15, -0.1) is 0 Å². The van der Waals surface area contributed by atoms with Gasteiger partial charge in [-0.25, -0.2) is 9.78 Å². The lowest BCUT2D eigenvalue weighted by Gasteiger charge is -2.16. The van der Waals surface area contributed by atoms with Crippen molar-refractivity contribution in [2.45, 2.75) is 53.1 Å². The smallest absolute Gasteiger partial charge is 0.344 e. The third-order valence-electron chi connectivity index (χ3n) is 5.10. The van der Waals surface area contributed by atoms with E-state index in [4.69, 9.17) is 30.8 Å². The highest BCUT2D eigenvalue weighted by molar-refractivity contribution is 9.10. The van der Waals surface area contributed by atoms with Gasteiger partial charge in [0.2, 0.25) is 0 Å². The Labute approximate surface area is 237 Å². The minimum absolute atomic E-state index is 0.198. The lowest BCUT2D eigenvalue weighted by atomic mass is 10.2. The highest BCUT2D eigenvalue weighted by Gasteiger charge is 2.19. The number of aryl methyl sites for hydroxylation is 1. The summed E-state index contributed by atoms with van der Waals surface area (Å²) in [5.74, 6) is 0.568. The van der Waals surface area contributed by atoms with Crippen LogP contribution in [0.1, 0.15) is 51.9 Å². The molecule has 198 valence electrons. The average Bonchev–Trinajstić information content (AvgIpc) is 2.85. The Bertz CT molecular complexity index is 1370. The number of esters is 1. The summed E-state index contributed by atoms with van der Waals surface area (Å²) in [5, 5.41) is 5.14. The van der Waals surface area contributed by atoms with Crippen LogP contribution in [0.5, 0.6) is 11.5 Å². The fraction of sp³-hybridized carbons (Fsp3) is 0.385. The Balaban J connectivity index is 2.04. The van der Waals surface area contributed by atoms with Crippen molar-refractivity contribution in [2.24, 2.45) is 5.10 Å². The SMILES string of the molecule is CCCCc1nc2ccc(Br)cc2c(=O)n1N=Cc1cc(OCC)c(OCC(=O)OC(C)C)c(Cl)c1Br. The van der Waals surface area contributed by atoms with Crippen molar-refractivity contribution in [3.8, 4) is 11.5 Å². The van der Waals surface area contributed by atoms with Gasteiger partial charge in [-0.2, -0.15) is 9.78 Å². The van der Waals surface area contributed by atoms with Gasteiger partial charge in [-0.05, 0) is 67.4 Å². The summed E-state index contributed by atoms with van der Waals surface area (Å²) in [7, 11) is 0. The molecule has 0 saturated carbocycles. The summed E-state index contributed by atoms with van der Waals surface area (Å²) in [4.78, 5) is 30.0. The van der Waals surface area contributed by atoms with Crippen LogP contribution in [0.3, 0.4) is 0 Å². The molecule has 0 aliphatic heterocycles. The number of ether oxygens (including phenoxy) is 3. The second kappa shape index (κ2) is 13.4. The van der Waals surface area contributed by atoms with Crippen LogP contribution in [0.2, 0.25) is 5.02 Å². The van der Waals surface area contributed by atoms with Gasteiger partial charge in [-0.1, -0.05) is 40.9 Å². The Kier molecular flexibility index (Phi) is 10.5. The lowest BCUT2D eigenvalue weighted by Crippen LogP contribution is -2.22. The van der Waals surface area contributed by atoms with Crippen LogP contribution < -0.4 is 15.0 Å². The molecule has 2 aromatic carbocycles. The van der Waals surface area contributed by atoms with Gasteiger partial charge in [-0.3, -0.25) is 4.79 Å². The van der Waals surface area contributed by atoms with Crippen LogP contribution in [0.25, 0.3) is 10.9 Å². The van der Waals surface area contributed by atoms with E-state index >= 15 is 0 Å². The van der Waals surface area contributed by atoms with Crippen molar-refractivity contribution >= 4 is 66.5 Å². The summed E-state index contributed by atoms with van der Waals surface area (Å²) in [5.41, 5.74) is 0.892. The first-order valence-electron chi connectivity index (χ1n) is 11.9. The Morgan fingerprint density at radius 1 is 1.22 bits per heavy atom. The van der Waals surface area contributed by atoms with E-state index in [1.54, 1.807) is 26.0 Å². The fourth-order valence-electron chi connectivity index (χ4n) is 3.45. The molecule has 1 heterocycles. The third kappa shape index (κ3) is 7.33. The maximum atomic E-state index is 13.3. The summed E-state index contributed by atoms with van der Waals surface area (Å²) in [6.45, 7) is 7.41. The van der Waals surface area contributed by atoms with Gasteiger partial charge >= 0.3 is 5.97 Å². The second-order valence-corrected chi connectivity index (χ2v) is 10.4. The first-order valence-corrected chi connectivity index (χ1v) is 13.8. The van der Waals surface area contributed by atoms with E-state index in [0.717, 1.165) is 17.3 Å². The molecule has 0 amide bonds. The molecule has 0 aliphatic rings. The van der Waals surface area contributed by atoms with E-state index in [-0.39, 0.29) is 29.0 Å². The zero-order valence-electron chi connectivity index (χ0n) is 21.0. The molecule has 8 nitrogen and oxygen atoms in total. The maximum Gasteiger partial charge on any atom is 0.344 e. The molecule has 3 aromatic rings. The first-order chi connectivity index (χ1) is 17.7. The third-order valence-corrected chi connectivity index (χ3v) is 7.04. The van der Waals surface area contributed by atoms with Gasteiger partial charge in [0, 0.05) is 20.9 Å². The van der Waals surface area contributed by atoms with E-state index in [1.165, 1.54) is 10.9 Å². The molecular formula is C26H28Br2ClN3O5. The van der Waals surface area contributed by atoms with Gasteiger partial charge < -0.3 is 14.2 Å². The summed E-state index contributed by atoms with van der Waals surface area (Å²) in [6.07, 6.45) is 3.65. The normalized spacial score (nSPS) is 11.5. The standard InChI is InChI=1S/C26H28Br2ClN3O5/c1-5-7-8-21-31-19-10-9-17(27)12-18(19)26(34)32(21)30-13-16-11-20(35-6-2)25(24(29)23(16)28)36-14-22(33)37-15(3)4/h9-13,15H,5-8,14H2,1-4H3. The minimum Gasteiger partial charge on any atom is -0.490 e. The number of rotatable bonds is 11. The van der Waals surface area contributed by atoms with E-state index < -0.39 is 5.97 Å². The van der Waals surface area contributed by atoms with Gasteiger partial charge in [0.15, 0.2) is 18.1 Å². The molecule has 11 heteroatoms. The maximum absolute atomic E-state index is 13.3. The van der Waals surface area contributed by atoms with Crippen LogP contribution in [0.4, 0.5) is 0 Å². The molecule has 0 bridgehead atoms. The van der Waals surface area contributed by atoms with Crippen molar-refractivity contribution in [1.29, 1.82) is 0 Å². The van der Waals surface area contributed by atoms with Crippen molar-refractivity contribution in [2.75, 3.05) is 13.2 Å². The minimum atomic E-state index is -0.523. The zero-order valence-corrected chi connectivity index (χ0v) is 24.9. The Morgan fingerprint density at radius 2 is 1.97 bits per heavy atom. The first kappa shape index (κ1) is 29.1. The number of halogens is 3. The monoisotopic (exact) mass is 655 g/mol. The quantitative estimate of drug-likeness (QED) is 0.172. The molecule has 0 saturated heterocycles. The number of nitrogens with zero attached hydrogens (tertiary/aromatic N) is 3. The number of carbonyl (C=O) groups is 1. The molecule has 0 aliphatic carbocycles. The molecule has 0 N–H and O–H groups in total. The van der Waals surface area contributed by atoms with Gasteiger partial charge in [0.1, 0.15) is 10.8 Å². The number of benzene rings is 2. The van der Waals surface area contributed by atoms with Crippen molar-refractivity contribution < 1.29 is 19.0 Å². The van der Waals surface area contributed by atoms with Crippen molar-refractivity contribution in [3.63, 3.8) is 0 Å². The van der Waals surface area contributed by atoms with Crippen LogP contribution in [0, 0.1) is 0 Å². The summed E-state index contributed by atoms with van der Waals surface area (Å²) < 4.78 is 19.0. The molecule has 0 fully saturated rings. The molecule has 0 spiro atoms. The molecule has 0 unspecified atom stereocenters. The number of fused-ring (bicyclic) bond motifs is 1. The average molecular weight is 658 g/mol. The number of hydrogen-bond acceptors (Lipinski definition) is 7. The van der Waals surface area contributed by atoms with E-state index in [9.17, 15) is 9.59 Å². The summed E-state index contributed by atoms with van der Waals surface area (Å²) in [6, 6.07) is 7.07. The zero-order chi connectivity index (χ0) is 27.1. The lowest BCUT2D eigenvalue weighted by molar-refractivity contribution is -0.149. The second-order valence-electron chi connectivity index (χ2n) is 8.34. The molecule has 1 aromatic heterocycles. The largest absolute Gasteiger partial charge is 0.490 e. The van der Waals surface area contributed by atoms with Crippen LogP contribution in [0.15, 0.2) is 43.1 Å². The van der Waals surface area contributed by atoms with Gasteiger partial charge in [0.05, 0.1) is 29.8 Å². The Morgan fingerprint density at radius 3 is 2.65 bits per heavy atom. The molecule has 0 radical (unpaired) electrons. The number of carbonyl (C=O) groups excluding carboxylic acids is 1. The van der Waals surface area contributed by atoms with E-state index in [0.29, 0.717) is 45.5 Å². The van der Waals surface area contributed by atoms with E-state index in [1.807, 2.05) is 19.1 Å². The van der Waals surface area contributed by atoms with Gasteiger partial charge in [0.25, 0.3) is 5.56 Å². The highest BCUT2D eigenvalue weighted by atomic mass is 79.9. The van der Waals surface area contributed by atoms with Crippen LogP contribution in [-0.4, -0.2) is 41.2 Å². The number of hydrogen-bond donors (Lipinski definition) is 0. The Hall–Kier alpha value is -2.43. The highest BCUT2D eigenvalue weighted by Crippen LogP contribution is 2.42. The number of unbranched alkanes of at least 4 members (excludes halogenated alkanes) is 1. The molecule has 3 rings (SSSR count). The van der Waals surface area contributed by atoms with Crippen LogP contribution in [-0.2, 0) is 16.0 Å². The molecule has 37 heavy (non-hydrogen) atoms. The van der Waals surface area contributed by atoms with Crippen molar-refractivity contribution in [1.82, 2.24) is 9.66 Å². The van der Waals surface area contributed by atoms with Crippen molar-refractivity contribution in [3.05, 3.63) is 60.0 Å². The predicted octanol–water partition coefficient (Wildman–Crippen LogP) is 6.53. The predicted molar refractivity (Wildman–Crippen MR) is 152 cm³/mol. The number of aromatic nitrogens is 2.